The maximum absolute atomic E-state index is 10.7. The molecule has 0 aliphatic rings. The number of hydrogen-bond donors (Lipinski definition) is 1. The predicted molar refractivity (Wildman–Crippen MR) is 61.3 cm³/mol. The van der Waals surface area contributed by atoms with Crippen molar-refractivity contribution in [3.8, 4) is 0 Å². The number of carbonyl (C=O) groups is 1. The Kier molecular flexibility index (Phi) is 2.30. The topological polar surface area (TPSA) is 85.3 Å². The van der Waals surface area contributed by atoms with Gasteiger partial charge in [0.25, 0.3) is 0 Å². The highest BCUT2D eigenvalue weighted by atomic mass is 16.4. The SMILES string of the molecule is O=C(O)c1cn(Cc2cn3ncccc3n2)cn1. The van der Waals surface area contributed by atoms with Crippen LogP contribution in [0.1, 0.15) is 16.2 Å². The molecule has 0 saturated heterocycles. The van der Waals surface area contributed by atoms with E-state index in [1.165, 1.54) is 12.5 Å². The molecule has 3 aromatic heterocycles. The van der Waals surface area contributed by atoms with Gasteiger partial charge in [-0.3, -0.25) is 0 Å². The number of carboxylic acids is 1. The first-order chi connectivity index (χ1) is 8.72. The van der Waals surface area contributed by atoms with Crippen LogP contribution in [0.3, 0.4) is 0 Å². The van der Waals surface area contributed by atoms with E-state index in [0.717, 1.165) is 11.3 Å². The van der Waals surface area contributed by atoms with E-state index in [2.05, 4.69) is 15.1 Å². The summed E-state index contributed by atoms with van der Waals surface area (Å²) >= 11 is 0. The molecule has 3 aromatic rings. The summed E-state index contributed by atoms with van der Waals surface area (Å²) < 4.78 is 3.34. The summed E-state index contributed by atoms with van der Waals surface area (Å²) in [6.07, 6.45) is 6.43. The fourth-order valence-corrected chi connectivity index (χ4v) is 1.70. The van der Waals surface area contributed by atoms with E-state index in [1.807, 2.05) is 12.1 Å². The number of imidazole rings is 2. The number of hydrogen-bond acceptors (Lipinski definition) is 4. The molecule has 0 aliphatic heterocycles. The molecule has 0 aromatic carbocycles. The van der Waals surface area contributed by atoms with Crippen LogP contribution < -0.4 is 0 Å². The zero-order valence-corrected chi connectivity index (χ0v) is 9.26. The smallest absolute Gasteiger partial charge is 0.356 e. The lowest BCUT2D eigenvalue weighted by Crippen LogP contribution is -1.98. The van der Waals surface area contributed by atoms with Crippen LogP contribution in [0.5, 0.6) is 0 Å². The minimum atomic E-state index is -1.04. The van der Waals surface area contributed by atoms with Crippen molar-refractivity contribution in [3.05, 3.63) is 48.4 Å². The Bertz CT molecular complexity index is 682. The Hall–Kier alpha value is -2.70. The Labute approximate surface area is 101 Å². The van der Waals surface area contributed by atoms with Crippen LogP contribution in [0.4, 0.5) is 0 Å². The van der Waals surface area contributed by atoms with Crippen LogP contribution in [0.15, 0.2) is 37.1 Å². The summed E-state index contributed by atoms with van der Waals surface area (Å²) in [6.45, 7) is 0.462. The van der Waals surface area contributed by atoms with Gasteiger partial charge in [-0.1, -0.05) is 0 Å². The molecule has 0 atom stereocenters. The van der Waals surface area contributed by atoms with Gasteiger partial charge in [0.05, 0.1) is 24.8 Å². The van der Waals surface area contributed by atoms with Crippen LogP contribution in [0, 0.1) is 0 Å². The second kappa shape index (κ2) is 3.95. The summed E-state index contributed by atoms with van der Waals surface area (Å²) in [7, 11) is 0. The average molecular weight is 243 g/mol. The monoisotopic (exact) mass is 243 g/mol. The molecule has 0 bridgehead atoms. The fraction of sp³-hybridized carbons (Fsp3) is 0.0909. The third-order valence-corrected chi connectivity index (χ3v) is 2.48. The number of aromatic nitrogens is 5. The van der Waals surface area contributed by atoms with Crippen molar-refractivity contribution in [1.82, 2.24) is 24.1 Å². The van der Waals surface area contributed by atoms with Gasteiger partial charge in [0.15, 0.2) is 11.3 Å². The molecule has 0 saturated carbocycles. The van der Waals surface area contributed by atoms with Crippen molar-refractivity contribution < 1.29 is 9.90 Å². The number of carboxylic acid groups (broad SMARTS) is 1. The molecule has 18 heavy (non-hydrogen) atoms. The van der Waals surface area contributed by atoms with Crippen LogP contribution in [0.25, 0.3) is 5.65 Å². The standard InChI is InChI=1S/C11H9N5O2/c17-11(18)9-6-15(7-12-9)4-8-5-16-10(14-8)2-1-3-13-16/h1-3,5-7H,4H2,(H,17,18). The molecule has 3 heterocycles. The van der Waals surface area contributed by atoms with Gasteiger partial charge in [0.2, 0.25) is 0 Å². The maximum atomic E-state index is 10.7. The lowest BCUT2D eigenvalue weighted by molar-refractivity contribution is 0.0691. The highest BCUT2D eigenvalue weighted by molar-refractivity contribution is 5.84. The van der Waals surface area contributed by atoms with E-state index >= 15 is 0 Å². The summed E-state index contributed by atoms with van der Waals surface area (Å²) in [5, 5.41) is 12.9. The zero-order valence-electron chi connectivity index (χ0n) is 9.26. The second-order valence-electron chi connectivity index (χ2n) is 3.80. The Balaban J connectivity index is 1.88. The third-order valence-electron chi connectivity index (χ3n) is 2.48. The van der Waals surface area contributed by atoms with Crippen LogP contribution in [-0.4, -0.2) is 35.2 Å². The minimum absolute atomic E-state index is 0.0249. The van der Waals surface area contributed by atoms with Gasteiger partial charge >= 0.3 is 5.97 Å². The van der Waals surface area contributed by atoms with Gasteiger partial charge in [0, 0.05) is 12.4 Å². The van der Waals surface area contributed by atoms with Crippen molar-refractivity contribution in [1.29, 1.82) is 0 Å². The highest BCUT2D eigenvalue weighted by Crippen LogP contribution is 2.05. The fourth-order valence-electron chi connectivity index (χ4n) is 1.70. The van der Waals surface area contributed by atoms with Gasteiger partial charge in [-0.05, 0) is 12.1 Å². The van der Waals surface area contributed by atoms with Crippen molar-refractivity contribution in [2.45, 2.75) is 6.54 Å². The summed E-state index contributed by atoms with van der Waals surface area (Å²) in [6, 6.07) is 3.67. The second-order valence-corrected chi connectivity index (χ2v) is 3.80. The molecule has 0 aliphatic carbocycles. The average Bonchev–Trinajstić information content (AvgIpc) is 2.94. The van der Waals surface area contributed by atoms with Gasteiger partial charge < -0.3 is 9.67 Å². The number of rotatable bonds is 3. The highest BCUT2D eigenvalue weighted by Gasteiger charge is 2.08. The van der Waals surface area contributed by atoms with E-state index in [9.17, 15) is 4.79 Å². The Morgan fingerprint density at radius 3 is 3.00 bits per heavy atom. The van der Waals surface area contributed by atoms with Crippen molar-refractivity contribution >= 4 is 11.6 Å². The largest absolute Gasteiger partial charge is 0.476 e. The molecule has 90 valence electrons. The van der Waals surface area contributed by atoms with Crippen LogP contribution in [-0.2, 0) is 6.54 Å². The van der Waals surface area contributed by atoms with Crippen LogP contribution in [0.2, 0.25) is 0 Å². The lowest BCUT2D eigenvalue weighted by atomic mass is 10.4. The third kappa shape index (κ3) is 1.81. The van der Waals surface area contributed by atoms with E-state index in [0.29, 0.717) is 6.54 Å². The summed E-state index contributed by atoms with van der Waals surface area (Å²) in [5.74, 6) is -1.04. The molecule has 7 nitrogen and oxygen atoms in total. The maximum Gasteiger partial charge on any atom is 0.356 e. The number of aromatic carboxylic acids is 1. The minimum Gasteiger partial charge on any atom is -0.476 e. The molecule has 0 fully saturated rings. The molecule has 7 heteroatoms. The summed E-state index contributed by atoms with van der Waals surface area (Å²) in [4.78, 5) is 18.8. The number of fused-ring (bicyclic) bond motifs is 1. The predicted octanol–water partition coefficient (Wildman–Crippen LogP) is 0.672. The normalized spacial score (nSPS) is 10.9. The Morgan fingerprint density at radius 1 is 1.39 bits per heavy atom. The van der Waals surface area contributed by atoms with Gasteiger partial charge in [-0.25, -0.2) is 19.3 Å². The number of nitrogens with zero attached hydrogens (tertiary/aromatic N) is 5. The molecular formula is C11H9N5O2. The molecule has 0 amide bonds. The molecule has 0 unspecified atom stereocenters. The molecule has 1 N–H and O–H groups in total. The van der Waals surface area contributed by atoms with Gasteiger partial charge in [-0.2, -0.15) is 5.10 Å². The quantitative estimate of drug-likeness (QED) is 0.730. The van der Waals surface area contributed by atoms with E-state index in [1.54, 1.807) is 21.5 Å². The first-order valence-corrected chi connectivity index (χ1v) is 5.27. The first kappa shape index (κ1) is 10.5. The summed E-state index contributed by atoms with van der Waals surface area (Å²) in [5.41, 5.74) is 1.58. The van der Waals surface area contributed by atoms with Gasteiger partial charge in [-0.15, -0.1) is 0 Å². The lowest BCUT2D eigenvalue weighted by Gasteiger charge is -1.95. The molecular weight excluding hydrogens is 234 g/mol. The molecule has 0 spiro atoms. The van der Waals surface area contributed by atoms with Crippen LogP contribution >= 0.6 is 0 Å². The first-order valence-electron chi connectivity index (χ1n) is 5.27. The Morgan fingerprint density at radius 2 is 2.28 bits per heavy atom. The van der Waals surface area contributed by atoms with E-state index in [-0.39, 0.29) is 5.69 Å². The van der Waals surface area contributed by atoms with Crippen molar-refractivity contribution in [2.24, 2.45) is 0 Å². The van der Waals surface area contributed by atoms with E-state index < -0.39 is 5.97 Å². The zero-order chi connectivity index (χ0) is 12.5. The van der Waals surface area contributed by atoms with Crippen molar-refractivity contribution in [2.75, 3.05) is 0 Å². The molecule has 3 rings (SSSR count). The van der Waals surface area contributed by atoms with Crippen molar-refractivity contribution in [3.63, 3.8) is 0 Å². The molecule has 0 radical (unpaired) electrons. The van der Waals surface area contributed by atoms with Gasteiger partial charge in [0.1, 0.15) is 0 Å². The van der Waals surface area contributed by atoms with E-state index in [4.69, 9.17) is 5.11 Å².